The summed E-state index contributed by atoms with van der Waals surface area (Å²) in [6.07, 6.45) is 1.64. The number of halogens is 2. The number of anilines is 1. The molecule has 27 heavy (non-hydrogen) atoms. The van der Waals surface area contributed by atoms with Gasteiger partial charge < -0.3 is 20.3 Å². The summed E-state index contributed by atoms with van der Waals surface area (Å²) >= 11 is 0. The Kier molecular flexibility index (Phi) is 10.0. The summed E-state index contributed by atoms with van der Waals surface area (Å²) in [6.45, 7) is 3.45. The molecule has 1 fully saturated rings. The Balaban J connectivity index is 0.00000364. The van der Waals surface area contributed by atoms with Crippen molar-refractivity contribution in [3.63, 3.8) is 0 Å². The largest absolute Gasteiger partial charge is 0.466 e. The molecule has 1 heterocycles. The molecule has 2 rings (SSSR count). The Morgan fingerprint density at radius 2 is 2.04 bits per heavy atom. The Morgan fingerprint density at radius 1 is 1.33 bits per heavy atom. The molecule has 1 aromatic carbocycles. The van der Waals surface area contributed by atoms with Crippen LogP contribution in [0.15, 0.2) is 29.3 Å². The fourth-order valence-corrected chi connectivity index (χ4v) is 2.85. The lowest BCUT2D eigenvalue weighted by molar-refractivity contribution is -0.149. The van der Waals surface area contributed by atoms with Crippen LogP contribution in [-0.4, -0.2) is 56.0 Å². The lowest BCUT2D eigenvalue weighted by Crippen LogP contribution is -2.49. The first kappa shape index (κ1) is 23.1. The van der Waals surface area contributed by atoms with Gasteiger partial charge in [0.2, 0.25) is 5.91 Å². The summed E-state index contributed by atoms with van der Waals surface area (Å²) in [5.74, 6) is -0.440. The molecule has 0 aromatic heterocycles. The lowest BCUT2D eigenvalue weighted by atomic mass is 9.98. The maximum Gasteiger partial charge on any atom is 0.310 e. The predicted molar refractivity (Wildman–Crippen MR) is 113 cm³/mol. The molecule has 0 bridgehead atoms. The molecule has 1 atom stereocenters. The third-order valence-electron chi connectivity index (χ3n) is 4.09. The number of ether oxygens (including phenoxy) is 1. The number of hydrogen-bond donors (Lipinski definition) is 2. The summed E-state index contributed by atoms with van der Waals surface area (Å²) in [5.41, 5.74) is 0.522. The van der Waals surface area contributed by atoms with Crippen LogP contribution >= 0.6 is 24.0 Å². The highest BCUT2D eigenvalue weighted by Gasteiger charge is 2.28. The van der Waals surface area contributed by atoms with Crippen molar-refractivity contribution in [3.8, 4) is 0 Å². The fraction of sp³-hybridized carbons (Fsp3) is 0.500. The minimum Gasteiger partial charge on any atom is -0.466 e. The zero-order valence-corrected chi connectivity index (χ0v) is 17.9. The molecular formula is C18H26FIN4O3. The molecule has 0 saturated carbocycles. The number of guanidine groups is 1. The van der Waals surface area contributed by atoms with Gasteiger partial charge in [-0.2, -0.15) is 0 Å². The summed E-state index contributed by atoms with van der Waals surface area (Å²) in [6, 6.07) is 5.56. The Labute approximate surface area is 175 Å². The smallest absolute Gasteiger partial charge is 0.310 e. The average Bonchev–Trinajstić information content (AvgIpc) is 2.64. The number of aliphatic imine (C=N–C) groups is 1. The van der Waals surface area contributed by atoms with E-state index in [1.54, 1.807) is 14.0 Å². The average molecular weight is 492 g/mol. The molecule has 7 nitrogen and oxygen atoms in total. The van der Waals surface area contributed by atoms with E-state index in [-0.39, 0.29) is 54.1 Å². The molecule has 1 aromatic rings. The maximum absolute atomic E-state index is 12.9. The first-order chi connectivity index (χ1) is 12.5. The van der Waals surface area contributed by atoms with Crippen LogP contribution < -0.4 is 10.6 Å². The van der Waals surface area contributed by atoms with Gasteiger partial charge in [0.15, 0.2) is 5.96 Å². The van der Waals surface area contributed by atoms with Gasteiger partial charge in [0.1, 0.15) is 5.82 Å². The molecule has 0 aliphatic carbocycles. The third kappa shape index (κ3) is 7.31. The second kappa shape index (κ2) is 11.7. The van der Waals surface area contributed by atoms with Crippen LogP contribution in [0.2, 0.25) is 0 Å². The van der Waals surface area contributed by atoms with Gasteiger partial charge in [-0.1, -0.05) is 0 Å². The van der Waals surface area contributed by atoms with E-state index in [0.29, 0.717) is 24.8 Å². The number of amides is 1. The highest BCUT2D eigenvalue weighted by atomic mass is 127. The van der Waals surface area contributed by atoms with E-state index in [1.165, 1.54) is 24.3 Å². The maximum atomic E-state index is 12.9. The Hall–Kier alpha value is -1.91. The monoisotopic (exact) mass is 492 g/mol. The highest BCUT2D eigenvalue weighted by molar-refractivity contribution is 14.0. The van der Waals surface area contributed by atoms with Gasteiger partial charge in [0, 0.05) is 25.8 Å². The molecule has 1 aliphatic heterocycles. The molecule has 9 heteroatoms. The number of carbonyl (C=O) groups is 2. The van der Waals surface area contributed by atoms with Crippen molar-refractivity contribution in [1.29, 1.82) is 0 Å². The van der Waals surface area contributed by atoms with E-state index >= 15 is 0 Å². The zero-order valence-electron chi connectivity index (χ0n) is 15.5. The van der Waals surface area contributed by atoms with E-state index in [4.69, 9.17) is 4.74 Å². The van der Waals surface area contributed by atoms with E-state index < -0.39 is 0 Å². The quantitative estimate of drug-likeness (QED) is 0.285. The summed E-state index contributed by atoms with van der Waals surface area (Å²) in [5, 5.41) is 5.68. The molecule has 150 valence electrons. The minimum atomic E-state index is -0.359. The Morgan fingerprint density at radius 3 is 2.67 bits per heavy atom. The fourth-order valence-electron chi connectivity index (χ4n) is 2.85. The van der Waals surface area contributed by atoms with Crippen molar-refractivity contribution in [3.05, 3.63) is 30.1 Å². The van der Waals surface area contributed by atoms with Gasteiger partial charge >= 0.3 is 5.97 Å². The standard InChI is InChI=1S/C18H25FN4O3.HI/c1-3-26-17(25)13-5-4-10-23(12-13)18(20-2)21-11-16(24)22-15-8-6-14(19)7-9-15;/h6-9,13H,3-5,10-12H2,1-2H3,(H,20,21)(H,22,24);1H. The number of nitrogens with one attached hydrogen (secondary N) is 2. The van der Waals surface area contributed by atoms with E-state index in [0.717, 1.165) is 19.4 Å². The van der Waals surface area contributed by atoms with Crippen molar-refractivity contribution in [2.45, 2.75) is 19.8 Å². The molecule has 2 N–H and O–H groups in total. The summed E-state index contributed by atoms with van der Waals surface area (Å²) in [7, 11) is 1.63. The molecule has 0 spiro atoms. The number of carbonyl (C=O) groups excluding carboxylic acids is 2. The van der Waals surface area contributed by atoms with Crippen molar-refractivity contribution < 1.29 is 18.7 Å². The number of rotatable bonds is 5. The molecular weight excluding hydrogens is 466 g/mol. The van der Waals surface area contributed by atoms with Gasteiger partial charge in [-0.05, 0) is 44.0 Å². The number of piperidine rings is 1. The zero-order chi connectivity index (χ0) is 18.9. The molecule has 1 amide bonds. The van der Waals surface area contributed by atoms with E-state index in [2.05, 4.69) is 15.6 Å². The second-order valence-electron chi connectivity index (χ2n) is 5.99. The van der Waals surface area contributed by atoms with Gasteiger partial charge in [0.25, 0.3) is 0 Å². The third-order valence-corrected chi connectivity index (χ3v) is 4.09. The number of nitrogens with zero attached hydrogens (tertiary/aromatic N) is 2. The summed E-state index contributed by atoms with van der Waals surface area (Å²) in [4.78, 5) is 30.1. The molecule has 1 saturated heterocycles. The topological polar surface area (TPSA) is 83.0 Å². The van der Waals surface area contributed by atoms with Crippen LogP contribution in [0.1, 0.15) is 19.8 Å². The lowest BCUT2D eigenvalue weighted by Gasteiger charge is -2.33. The second-order valence-corrected chi connectivity index (χ2v) is 5.99. The SMILES string of the molecule is CCOC(=O)C1CCCN(C(=NC)NCC(=O)Nc2ccc(F)cc2)C1.I. The van der Waals surface area contributed by atoms with E-state index in [1.807, 2.05) is 4.90 Å². The van der Waals surface area contributed by atoms with Gasteiger partial charge in [-0.25, -0.2) is 4.39 Å². The molecule has 0 radical (unpaired) electrons. The molecule has 1 unspecified atom stereocenters. The first-order valence-corrected chi connectivity index (χ1v) is 8.71. The van der Waals surface area contributed by atoms with Crippen molar-refractivity contribution in [2.75, 3.05) is 38.6 Å². The van der Waals surface area contributed by atoms with Crippen LogP contribution in [0, 0.1) is 11.7 Å². The minimum absolute atomic E-state index is 0. The van der Waals surface area contributed by atoms with Gasteiger partial charge in [-0.15, -0.1) is 24.0 Å². The van der Waals surface area contributed by atoms with Crippen LogP contribution in [0.4, 0.5) is 10.1 Å². The van der Waals surface area contributed by atoms with Crippen LogP contribution in [0.25, 0.3) is 0 Å². The van der Waals surface area contributed by atoms with Crippen molar-refractivity contribution in [1.82, 2.24) is 10.2 Å². The van der Waals surface area contributed by atoms with Crippen molar-refractivity contribution in [2.24, 2.45) is 10.9 Å². The number of likely N-dealkylation sites (tertiary alicyclic amines) is 1. The highest BCUT2D eigenvalue weighted by Crippen LogP contribution is 2.18. The molecule has 1 aliphatic rings. The number of hydrogen-bond acceptors (Lipinski definition) is 4. The van der Waals surface area contributed by atoms with Crippen LogP contribution in [-0.2, 0) is 14.3 Å². The first-order valence-electron chi connectivity index (χ1n) is 8.71. The Bertz CT molecular complexity index is 655. The van der Waals surface area contributed by atoms with Crippen LogP contribution in [0.5, 0.6) is 0 Å². The normalized spacial score (nSPS) is 16.9. The number of esters is 1. The number of benzene rings is 1. The van der Waals surface area contributed by atoms with E-state index in [9.17, 15) is 14.0 Å². The van der Waals surface area contributed by atoms with Gasteiger partial charge in [-0.3, -0.25) is 14.6 Å². The van der Waals surface area contributed by atoms with Crippen molar-refractivity contribution >= 4 is 47.5 Å². The van der Waals surface area contributed by atoms with Gasteiger partial charge in [0.05, 0.1) is 19.1 Å². The summed E-state index contributed by atoms with van der Waals surface area (Å²) < 4.78 is 18.0. The van der Waals surface area contributed by atoms with Crippen LogP contribution in [0.3, 0.4) is 0 Å². The predicted octanol–water partition coefficient (Wildman–Crippen LogP) is 2.23.